The van der Waals surface area contributed by atoms with Gasteiger partial charge in [0.15, 0.2) is 0 Å². The van der Waals surface area contributed by atoms with Gasteiger partial charge >= 0.3 is 0 Å². The average Bonchev–Trinajstić information content (AvgIpc) is 2.78. The molecule has 0 heterocycles. The quantitative estimate of drug-likeness (QED) is 0.343. The molecule has 0 aliphatic rings. The largest absolute Gasteiger partial charge is 0.271 e. The normalized spacial score (nSPS) is 11.6. The number of carbonyl (C=O) groups is 1. The maximum absolute atomic E-state index is 13.3. The molecule has 6 nitrogen and oxygen atoms in total. The molecule has 8 heteroatoms. The first-order chi connectivity index (χ1) is 15.3. The molecular weight excluding hydrogens is 490 g/mol. The zero-order valence-corrected chi connectivity index (χ0v) is 20.2. The van der Waals surface area contributed by atoms with Crippen LogP contribution in [0.2, 0.25) is 0 Å². The summed E-state index contributed by atoms with van der Waals surface area (Å²) >= 11 is 3.38. The Labute approximate surface area is 197 Å². The zero-order valence-electron chi connectivity index (χ0n) is 17.8. The predicted octanol–water partition coefficient (Wildman–Crippen LogP) is 4.92. The molecule has 0 unspecified atom stereocenters. The number of hydrogen-bond donors (Lipinski definition) is 1. The standard InChI is InChI=1S/C24H24BrN3O3S/c1-18(2)20-11-13-22(14-12-20)28(32(30,31)23-9-4-3-5-10-23)17-24(29)27-26-16-19-7-6-8-21(25)15-19/h3-16,18H,17H2,1-2H3,(H,27,29)/b26-16-. The lowest BCUT2D eigenvalue weighted by Crippen LogP contribution is -2.39. The van der Waals surface area contributed by atoms with Crippen LogP contribution in [0.3, 0.4) is 0 Å². The van der Waals surface area contributed by atoms with Crippen molar-refractivity contribution in [3.63, 3.8) is 0 Å². The van der Waals surface area contributed by atoms with Crippen molar-refractivity contribution in [2.24, 2.45) is 5.10 Å². The Morgan fingerprint density at radius 3 is 2.34 bits per heavy atom. The van der Waals surface area contributed by atoms with E-state index < -0.39 is 22.5 Å². The van der Waals surface area contributed by atoms with Crippen molar-refractivity contribution in [3.8, 4) is 0 Å². The molecular formula is C24H24BrN3O3S. The van der Waals surface area contributed by atoms with E-state index in [1.54, 1.807) is 30.3 Å². The monoisotopic (exact) mass is 513 g/mol. The molecule has 1 N–H and O–H groups in total. The molecule has 0 fully saturated rings. The lowest BCUT2D eigenvalue weighted by atomic mass is 10.0. The SMILES string of the molecule is CC(C)c1ccc(N(CC(=O)N/N=C\c2cccc(Br)c2)S(=O)(=O)c2ccccc2)cc1. The number of nitrogens with zero attached hydrogens (tertiary/aromatic N) is 2. The Morgan fingerprint density at radius 2 is 1.72 bits per heavy atom. The lowest BCUT2D eigenvalue weighted by molar-refractivity contribution is -0.119. The number of hydrazone groups is 1. The van der Waals surface area contributed by atoms with Gasteiger partial charge in [-0.2, -0.15) is 5.10 Å². The molecule has 0 saturated carbocycles. The maximum atomic E-state index is 13.3. The van der Waals surface area contributed by atoms with Gasteiger partial charge in [-0.15, -0.1) is 0 Å². The van der Waals surface area contributed by atoms with Crippen LogP contribution in [0.25, 0.3) is 0 Å². The number of hydrogen-bond acceptors (Lipinski definition) is 4. The van der Waals surface area contributed by atoms with Crippen molar-refractivity contribution in [1.29, 1.82) is 0 Å². The van der Waals surface area contributed by atoms with Crippen LogP contribution >= 0.6 is 15.9 Å². The molecule has 0 aliphatic carbocycles. The minimum Gasteiger partial charge on any atom is -0.271 e. The summed E-state index contributed by atoms with van der Waals surface area (Å²) in [6.45, 7) is 3.71. The van der Waals surface area contributed by atoms with Crippen LogP contribution in [0.4, 0.5) is 5.69 Å². The number of anilines is 1. The minimum atomic E-state index is -3.95. The second kappa shape index (κ2) is 10.6. The highest BCUT2D eigenvalue weighted by atomic mass is 79.9. The van der Waals surface area contributed by atoms with E-state index in [1.165, 1.54) is 18.3 Å². The first-order valence-electron chi connectivity index (χ1n) is 10.0. The van der Waals surface area contributed by atoms with Gasteiger partial charge in [0, 0.05) is 4.47 Å². The van der Waals surface area contributed by atoms with E-state index in [4.69, 9.17) is 0 Å². The van der Waals surface area contributed by atoms with Gasteiger partial charge in [0.1, 0.15) is 6.54 Å². The van der Waals surface area contributed by atoms with Crippen LogP contribution in [0.5, 0.6) is 0 Å². The lowest BCUT2D eigenvalue weighted by Gasteiger charge is -2.24. The molecule has 1 amide bonds. The highest BCUT2D eigenvalue weighted by Crippen LogP contribution is 2.25. The van der Waals surface area contributed by atoms with Crippen LogP contribution in [0.1, 0.15) is 30.9 Å². The molecule has 0 bridgehead atoms. The Kier molecular flexibility index (Phi) is 7.82. The van der Waals surface area contributed by atoms with Crippen molar-refractivity contribution in [2.45, 2.75) is 24.7 Å². The Hall–Kier alpha value is -2.97. The van der Waals surface area contributed by atoms with Crippen LogP contribution < -0.4 is 9.73 Å². The number of halogens is 1. The third-order valence-corrected chi connectivity index (χ3v) is 7.00. The number of benzene rings is 3. The molecule has 32 heavy (non-hydrogen) atoms. The summed E-state index contributed by atoms with van der Waals surface area (Å²) in [5.41, 5.74) is 4.69. The van der Waals surface area contributed by atoms with Crippen molar-refractivity contribution in [3.05, 3.63) is 94.5 Å². The molecule has 3 aromatic carbocycles. The highest BCUT2D eigenvalue weighted by Gasteiger charge is 2.27. The number of nitrogens with one attached hydrogen (secondary N) is 1. The first-order valence-corrected chi connectivity index (χ1v) is 12.3. The molecule has 0 saturated heterocycles. The summed E-state index contributed by atoms with van der Waals surface area (Å²) in [4.78, 5) is 12.7. The van der Waals surface area contributed by atoms with E-state index in [0.717, 1.165) is 19.9 Å². The zero-order chi connectivity index (χ0) is 23.1. The Morgan fingerprint density at radius 1 is 1.03 bits per heavy atom. The van der Waals surface area contributed by atoms with Crippen molar-refractivity contribution >= 4 is 43.8 Å². The van der Waals surface area contributed by atoms with Gasteiger partial charge in [-0.1, -0.05) is 72.2 Å². The Balaban J connectivity index is 1.84. The second-order valence-corrected chi connectivity index (χ2v) is 10.2. The third kappa shape index (κ3) is 6.05. The maximum Gasteiger partial charge on any atom is 0.264 e. The number of rotatable bonds is 8. The molecule has 0 aromatic heterocycles. The molecule has 0 aliphatic heterocycles. The van der Waals surface area contributed by atoms with E-state index in [1.807, 2.05) is 36.4 Å². The summed E-state index contributed by atoms with van der Waals surface area (Å²) < 4.78 is 28.6. The van der Waals surface area contributed by atoms with Gasteiger partial charge in [-0.3, -0.25) is 9.10 Å². The molecule has 166 valence electrons. The van der Waals surface area contributed by atoms with Crippen LogP contribution in [0.15, 0.2) is 93.3 Å². The summed E-state index contributed by atoms with van der Waals surface area (Å²) in [5, 5.41) is 3.95. The van der Waals surface area contributed by atoms with Crippen molar-refractivity contribution in [2.75, 3.05) is 10.8 Å². The van der Waals surface area contributed by atoms with Crippen LogP contribution in [-0.2, 0) is 14.8 Å². The van der Waals surface area contributed by atoms with Crippen molar-refractivity contribution < 1.29 is 13.2 Å². The smallest absolute Gasteiger partial charge is 0.264 e. The van der Waals surface area contributed by atoms with Gasteiger partial charge < -0.3 is 0 Å². The first kappa shape index (κ1) is 23.7. The Bertz CT molecular complexity index is 1190. The molecule has 0 atom stereocenters. The molecule has 0 radical (unpaired) electrons. The van der Waals surface area contributed by atoms with E-state index >= 15 is 0 Å². The van der Waals surface area contributed by atoms with Gasteiger partial charge in [-0.05, 0) is 53.4 Å². The third-order valence-electron chi connectivity index (χ3n) is 4.72. The summed E-state index contributed by atoms with van der Waals surface area (Å²) in [5.74, 6) is -0.248. The predicted molar refractivity (Wildman–Crippen MR) is 131 cm³/mol. The number of carbonyl (C=O) groups excluding carboxylic acids is 1. The summed E-state index contributed by atoms with van der Waals surface area (Å²) in [6, 6.07) is 22.6. The van der Waals surface area contributed by atoms with E-state index in [9.17, 15) is 13.2 Å². The highest BCUT2D eigenvalue weighted by molar-refractivity contribution is 9.10. The fourth-order valence-corrected chi connectivity index (χ4v) is 4.85. The summed E-state index contributed by atoms with van der Waals surface area (Å²) in [7, 11) is -3.95. The number of sulfonamides is 1. The van der Waals surface area contributed by atoms with Gasteiger partial charge in [0.25, 0.3) is 15.9 Å². The van der Waals surface area contributed by atoms with E-state index in [0.29, 0.717) is 11.6 Å². The number of amides is 1. The minimum absolute atomic E-state index is 0.110. The molecule has 0 spiro atoms. The second-order valence-electron chi connectivity index (χ2n) is 7.42. The topological polar surface area (TPSA) is 78.8 Å². The van der Waals surface area contributed by atoms with E-state index in [-0.39, 0.29) is 4.90 Å². The molecule has 3 rings (SSSR count). The van der Waals surface area contributed by atoms with Gasteiger partial charge in [0.05, 0.1) is 16.8 Å². The van der Waals surface area contributed by atoms with E-state index in [2.05, 4.69) is 40.3 Å². The summed E-state index contributed by atoms with van der Waals surface area (Å²) in [6.07, 6.45) is 1.50. The fraction of sp³-hybridized carbons (Fsp3) is 0.167. The average molecular weight is 514 g/mol. The van der Waals surface area contributed by atoms with Gasteiger partial charge in [-0.25, -0.2) is 13.8 Å². The van der Waals surface area contributed by atoms with Gasteiger partial charge in [0.2, 0.25) is 0 Å². The van der Waals surface area contributed by atoms with Crippen molar-refractivity contribution in [1.82, 2.24) is 5.43 Å². The fourth-order valence-electron chi connectivity index (χ4n) is 2.99. The van der Waals surface area contributed by atoms with Crippen LogP contribution in [0, 0.1) is 0 Å². The molecule has 3 aromatic rings. The van der Waals surface area contributed by atoms with Crippen LogP contribution in [-0.4, -0.2) is 27.1 Å².